The zero-order chi connectivity index (χ0) is 8.27. The normalized spacial score (nSPS) is 16.2. The Morgan fingerprint density at radius 2 is 2.55 bits per heavy atom. The van der Waals surface area contributed by atoms with Crippen LogP contribution in [0.15, 0.2) is 16.8 Å². The van der Waals surface area contributed by atoms with Gasteiger partial charge in [-0.3, -0.25) is 0 Å². The predicted octanol–water partition coefficient (Wildman–Crippen LogP) is 0.0170. The SMILES string of the molecule is COC(=O)C1=CN=CN(C)C1. The third-order valence-electron chi connectivity index (χ3n) is 1.36. The Hall–Kier alpha value is -1.32. The summed E-state index contributed by atoms with van der Waals surface area (Å²) in [5.74, 6) is -0.311. The van der Waals surface area contributed by atoms with Gasteiger partial charge >= 0.3 is 5.97 Å². The number of nitrogens with zero attached hydrogens (tertiary/aromatic N) is 2. The van der Waals surface area contributed by atoms with Crippen LogP contribution in [0.2, 0.25) is 0 Å². The summed E-state index contributed by atoms with van der Waals surface area (Å²) in [4.78, 5) is 16.6. The maximum atomic E-state index is 10.9. The first-order chi connectivity index (χ1) is 5.24. The molecule has 0 aliphatic carbocycles. The fourth-order valence-corrected chi connectivity index (χ4v) is 0.836. The van der Waals surface area contributed by atoms with Crippen LogP contribution in [0.25, 0.3) is 0 Å². The van der Waals surface area contributed by atoms with Crippen molar-refractivity contribution in [2.24, 2.45) is 4.99 Å². The van der Waals surface area contributed by atoms with E-state index in [0.29, 0.717) is 12.1 Å². The minimum absolute atomic E-state index is 0.311. The molecule has 0 saturated heterocycles. The summed E-state index contributed by atoms with van der Waals surface area (Å²) >= 11 is 0. The van der Waals surface area contributed by atoms with Crippen LogP contribution in [0, 0.1) is 0 Å². The fraction of sp³-hybridized carbons (Fsp3) is 0.429. The quantitative estimate of drug-likeness (QED) is 0.500. The molecule has 60 valence electrons. The van der Waals surface area contributed by atoms with Gasteiger partial charge in [0.1, 0.15) is 0 Å². The second-order valence-corrected chi connectivity index (χ2v) is 2.33. The average molecular weight is 154 g/mol. The molecule has 0 saturated carbocycles. The lowest BCUT2D eigenvalue weighted by Gasteiger charge is -2.16. The van der Waals surface area contributed by atoms with Crippen LogP contribution >= 0.6 is 0 Å². The van der Waals surface area contributed by atoms with Gasteiger partial charge in [-0.25, -0.2) is 9.79 Å². The molecule has 1 heterocycles. The van der Waals surface area contributed by atoms with Gasteiger partial charge in [-0.15, -0.1) is 0 Å². The van der Waals surface area contributed by atoms with Crippen molar-refractivity contribution in [3.05, 3.63) is 11.8 Å². The van der Waals surface area contributed by atoms with Crippen molar-refractivity contribution >= 4 is 12.3 Å². The number of methoxy groups -OCH3 is 1. The topological polar surface area (TPSA) is 41.9 Å². The third-order valence-corrected chi connectivity index (χ3v) is 1.36. The van der Waals surface area contributed by atoms with E-state index in [2.05, 4.69) is 9.73 Å². The molecule has 11 heavy (non-hydrogen) atoms. The van der Waals surface area contributed by atoms with Crippen molar-refractivity contribution in [3.63, 3.8) is 0 Å². The highest BCUT2D eigenvalue weighted by atomic mass is 16.5. The van der Waals surface area contributed by atoms with Gasteiger partial charge in [0, 0.05) is 13.2 Å². The summed E-state index contributed by atoms with van der Waals surface area (Å²) < 4.78 is 4.53. The maximum absolute atomic E-state index is 10.9. The van der Waals surface area contributed by atoms with E-state index in [9.17, 15) is 4.79 Å². The molecule has 0 N–H and O–H groups in total. The van der Waals surface area contributed by atoms with Gasteiger partial charge in [-0.1, -0.05) is 0 Å². The number of likely N-dealkylation sites (N-methyl/N-ethyl adjacent to an activating group) is 1. The number of carbonyl (C=O) groups excluding carboxylic acids is 1. The van der Waals surface area contributed by atoms with Gasteiger partial charge in [-0.2, -0.15) is 0 Å². The van der Waals surface area contributed by atoms with Gasteiger partial charge in [0.25, 0.3) is 0 Å². The minimum atomic E-state index is -0.311. The van der Waals surface area contributed by atoms with Gasteiger partial charge in [0.15, 0.2) is 0 Å². The van der Waals surface area contributed by atoms with E-state index >= 15 is 0 Å². The molecule has 0 aromatic carbocycles. The lowest BCUT2D eigenvalue weighted by atomic mass is 10.2. The molecule has 0 aromatic rings. The minimum Gasteiger partial charge on any atom is -0.466 e. The maximum Gasteiger partial charge on any atom is 0.337 e. The number of rotatable bonds is 1. The molecule has 0 spiro atoms. The van der Waals surface area contributed by atoms with Crippen LogP contribution in [0.1, 0.15) is 0 Å². The number of carbonyl (C=O) groups is 1. The highest BCUT2D eigenvalue weighted by Gasteiger charge is 2.12. The highest BCUT2D eigenvalue weighted by Crippen LogP contribution is 2.03. The molecular formula is C7H10N2O2. The Kier molecular flexibility index (Phi) is 2.25. The van der Waals surface area contributed by atoms with Crippen LogP contribution in [0.3, 0.4) is 0 Å². The van der Waals surface area contributed by atoms with Gasteiger partial charge in [0.2, 0.25) is 0 Å². The number of ether oxygens (including phenoxy) is 1. The Balaban J connectivity index is 2.66. The summed E-state index contributed by atoms with van der Waals surface area (Å²) in [5, 5.41) is 0. The van der Waals surface area contributed by atoms with Crippen molar-refractivity contribution in [3.8, 4) is 0 Å². The lowest BCUT2D eigenvalue weighted by Crippen LogP contribution is -2.25. The first-order valence-electron chi connectivity index (χ1n) is 3.25. The van der Waals surface area contributed by atoms with Gasteiger partial charge < -0.3 is 9.64 Å². The number of hydrogen-bond acceptors (Lipinski definition) is 4. The van der Waals surface area contributed by atoms with Crippen LogP contribution in [0.5, 0.6) is 0 Å². The standard InChI is InChI=1S/C7H10N2O2/c1-9-4-6(3-8-5-9)7(10)11-2/h3,5H,4H2,1-2H3. The van der Waals surface area contributed by atoms with E-state index < -0.39 is 0 Å². The number of hydrogen-bond donors (Lipinski definition) is 0. The summed E-state index contributed by atoms with van der Waals surface area (Å²) in [5.41, 5.74) is 0.581. The zero-order valence-corrected chi connectivity index (χ0v) is 6.57. The smallest absolute Gasteiger partial charge is 0.337 e. The van der Waals surface area contributed by atoms with Crippen molar-refractivity contribution in [2.75, 3.05) is 20.7 Å². The fourth-order valence-electron chi connectivity index (χ4n) is 0.836. The molecule has 0 unspecified atom stereocenters. The molecule has 1 aliphatic rings. The van der Waals surface area contributed by atoms with E-state index in [-0.39, 0.29) is 5.97 Å². The van der Waals surface area contributed by atoms with E-state index in [1.54, 1.807) is 6.34 Å². The first kappa shape index (κ1) is 7.78. The molecular weight excluding hydrogens is 144 g/mol. The van der Waals surface area contributed by atoms with Crippen LogP contribution in [-0.4, -0.2) is 37.9 Å². The molecule has 4 heteroatoms. The molecule has 1 aliphatic heterocycles. The second kappa shape index (κ2) is 3.18. The molecule has 0 aromatic heterocycles. The summed E-state index contributed by atoms with van der Waals surface area (Å²) in [6, 6.07) is 0. The van der Waals surface area contributed by atoms with Crippen molar-refractivity contribution in [2.45, 2.75) is 0 Å². The van der Waals surface area contributed by atoms with Crippen LogP contribution in [-0.2, 0) is 9.53 Å². The van der Waals surface area contributed by atoms with Crippen molar-refractivity contribution in [1.82, 2.24) is 4.90 Å². The molecule has 1 rings (SSSR count). The Morgan fingerprint density at radius 3 is 3.09 bits per heavy atom. The summed E-state index contributed by atoms with van der Waals surface area (Å²) in [6.07, 6.45) is 3.18. The zero-order valence-electron chi connectivity index (χ0n) is 6.57. The van der Waals surface area contributed by atoms with Crippen LogP contribution < -0.4 is 0 Å². The van der Waals surface area contributed by atoms with E-state index in [0.717, 1.165) is 0 Å². The van der Waals surface area contributed by atoms with E-state index in [4.69, 9.17) is 0 Å². The molecule has 4 nitrogen and oxygen atoms in total. The molecule has 0 atom stereocenters. The second-order valence-electron chi connectivity index (χ2n) is 2.33. The largest absolute Gasteiger partial charge is 0.466 e. The Morgan fingerprint density at radius 1 is 1.82 bits per heavy atom. The van der Waals surface area contributed by atoms with E-state index in [1.165, 1.54) is 13.3 Å². The summed E-state index contributed by atoms with van der Waals surface area (Å²) in [6.45, 7) is 0.566. The van der Waals surface area contributed by atoms with Gasteiger partial charge in [-0.05, 0) is 0 Å². The average Bonchev–Trinajstić information content (AvgIpc) is 2.03. The number of aliphatic imine (C=N–C) groups is 1. The Labute approximate surface area is 65.2 Å². The predicted molar refractivity (Wildman–Crippen MR) is 41.2 cm³/mol. The summed E-state index contributed by atoms with van der Waals surface area (Å²) in [7, 11) is 3.21. The van der Waals surface area contributed by atoms with Gasteiger partial charge in [0.05, 0.1) is 25.6 Å². The molecule has 0 bridgehead atoms. The first-order valence-corrected chi connectivity index (χ1v) is 3.25. The monoisotopic (exact) mass is 154 g/mol. The van der Waals surface area contributed by atoms with Crippen molar-refractivity contribution in [1.29, 1.82) is 0 Å². The van der Waals surface area contributed by atoms with Crippen LogP contribution in [0.4, 0.5) is 0 Å². The molecule has 0 amide bonds. The molecule has 0 radical (unpaired) electrons. The molecule has 0 fully saturated rings. The third kappa shape index (κ3) is 1.80. The Bertz CT molecular complexity index is 220. The highest BCUT2D eigenvalue weighted by molar-refractivity contribution is 5.90. The van der Waals surface area contributed by atoms with Crippen molar-refractivity contribution < 1.29 is 9.53 Å². The van der Waals surface area contributed by atoms with E-state index in [1.807, 2.05) is 11.9 Å². The lowest BCUT2D eigenvalue weighted by molar-refractivity contribution is -0.136. The number of esters is 1.